The Balaban J connectivity index is 1.97. The maximum Gasteiger partial charge on any atom is 0.337 e. The normalized spacial score (nSPS) is 14.7. The van der Waals surface area contributed by atoms with Gasteiger partial charge in [0.25, 0.3) is 5.91 Å². The fourth-order valence-corrected chi connectivity index (χ4v) is 3.89. The van der Waals surface area contributed by atoms with E-state index in [0.717, 1.165) is 12.0 Å². The van der Waals surface area contributed by atoms with Crippen molar-refractivity contribution in [2.75, 3.05) is 18.2 Å². The topological polar surface area (TPSA) is 88.4 Å². The SMILES string of the molecule is CCCOc1c(Br)cc(/C=C2\C(=O)N(c3ccc(Cl)c(C(=O)O)c3)N=C2C)cc1OCC. The van der Waals surface area contributed by atoms with Gasteiger partial charge in [-0.2, -0.15) is 10.1 Å². The Morgan fingerprint density at radius 1 is 1.25 bits per heavy atom. The molecule has 0 unspecified atom stereocenters. The van der Waals surface area contributed by atoms with Crippen molar-refractivity contribution in [2.45, 2.75) is 27.2 Å². The van der Waals surface area contributed by atoms with Gasteiger partial charge in [0.2, 0.25) is 0 Å². The van der Waals surface area contributed by atoms with Crippen molar-refractivity contribution in [1.82, 2.24) is 0 Å². The summed E-state index contributed by atoms with van der Waals surface area (Å²) < 4.78 is 12.2. The first-order valence-corrected chi connectivity index (χ1v) is 11.2. The number of carbonyl (C=O) groups is 2. The molecule has 32 heavy (non-hydrogen) atoms. The van der Waals surface area contributed by atoms with Gasteiger partial charge in [-0.25, -0.2) is 4.79 Å². The van der Waals surface area contributed by atoms with E-state index in [1.807, 2.05) is 19.9 Å². The van der Waals surface area contributed by atoms with Gasteiger partial charge in [-0.1, -0.05) is 18.5 Å². The summed E-state index contributed by atoms with van der Waals surface area (Å²) in [6, 6.07) is 7.96. The number of hydrazone groups is 1. The lowest BCUT2D eigenvalue weighted by molar-refractivity contribution is -0.114. The van der Waals surface area contributed by atoms with Gasteiger partial charge in [0, 0.05) is 0 Å². The van der Waals surface area contributed by atoms with E-state index in [9.17, 15) is 14.7 Å². The molecule has 3 rings (SSSR count). The number of hydrogen-bond donors (Lipinski definition) is 1. The maximum absolute atomic E-state index is 13.1. The summed E-state index contributed by atoms with van der Waals surface area (Å²) in [5.41, 5.74) is 1.83. The van der Waals surface area contributed by atoms with Crippen molar-refractivity contribution >= 4 is 56.9 Å². The number of benzene rings is 2. The second-order valence-corrected chi connectivity index (χ2v) is 8.20. The number of aromatic carboxylic acids is 1. The van der Waals surface area contributed by atoms with Crippen LogP contribution in [0.1, 0.15) is 43.1 Å². The van der Waals surface area contributed by atoms with E-state index >= 15 is 0 Å². The second kappa shape index (κ2) is 10.2. The van der Waals surface area contributed by atoms with E-state index in [1.165, 1.54) is 17.1 Å². The van der Waals surface area contributed by atoms with Crippen molar-refractivity contribution in [3.05, 3.63) is 56.5 Å². The highest BCUT2D eigenvalue weighted by molar-refractivity contribution is 9.10. The Kier molecular flexibility index (Phi) is 7.58. The van der Waals surface area contributed by atoms with E-state index in [1.54, 1.807) is 25.1 Å². The van der Waals surface area contributed by atoms with Crippen molar-refractivity contribution in [3.8, 4) is 11.5 Å². The zero-order chi connectivity index (χ0) is 23.4. The molecule has 2 aromatic carbocycles. The third kappa shape index (κ3) is 4.97. The number of ether oxygens (including phenoxy) is 2. The highest BCUT2D eigenvalue weighted by Gasteiger charge is 2.29. The van der Waals surface area contributed by atoms with Gasteiger partial charge in [-0.3, -0.25) is 4.79 Å². The molecular formula is C23H22BrClN2O5. The van der Waals surface area contributed by atoms with Crippen LogP contribution in [0, 0.1) is 0 Å². The van der Waals surface area contributed by atoms with Crippen LogP contribution in [-0.4, -0.2) is 35.9 Å². The lowest BCUT2D eigenvalue weighted by Crippen LogP contribution is -2.21. The Labute approximate surface area is 199 Å². The smallest absolute Gasteiger partial charge is 0.337 e. The van der Waals surface area contributed by atoms with Crippen LogP contribution in [-0.2, 0) is 4.79 Å². The van der Waals surface area contributed by atoms with Gasteiger partial charge >= 0.3 is 5.97 Å². The highest BCUT2D eigenvalue weighted by atomic mass is 79.9. The van der Waals surface area contributed by atoms with Crippen molar-refractivity contribution in [3.63, 3.8) is 0 Å². The van der Waals surface area contributed by atoms with Crippen LogP contribution in [0.3, 0.4) is 0 Å². The first-order chi connectivity index (χ1) is 15.3. The number of carboxylic acid groups (broad SMARTS) is 1. The fraction of sp³-hybridized carbons (Fsp3) is 0.261. The summed E-state index contributed by atoms with van der Waals surface area (Å²) in [5.74, 6) is -0.369. The minimum atomic E-state index is -1.18. The number of amides is 1. The Bertz CT molecular complexity index is 1130. The number of hydrogen-bond acceptors (Lipinski definition) is 5. The molecule has 0 atom stereocenters. The quantitative estimate of drug-likeness (QED) is 0.444. The second-order valence-electron chi connectivity index (χ2n) is 6.94. The number of anilines is 1. The zero-order valence-electron chi connectivity index (χ0n) is 17.8. The maximum atomic E-state index is 13.1. The molecule has 9 heteroatoms. The van der Waals surface area contributed by atoms with Gasteiger partial charge in [0.15, 0.2) is 11.5 Å². The van der Waals surface area contributed by atoms with E-state index in [-0.39, 0.29) is 16.5 Å². The third-order valence-corrected chi connectivity index (χ3v) is 5.50. The molecule has 0 saturated heterocycles. The monoisotopic (exact) mass is 520 g/mol. The molecule has 1 N–H and O–H groups in total. The predicted molar refractivity (Wildman–Crippen MR) is 128 cm³/mol. The molecule has 0 saturated carbocycles. The van der Waals surface area contributed by atoms with Gasteiger partial charge in [-0.05, 0) is 78.2 Å². The number of carbonyl (C=O) groups excluding carboxylic acids is 1. The predicted octanol–water partition coefficient (Wildman–Crippen LogP) is 5.79. The van der Waals surface area contributed by atoms with Crippen LogP contribution in [0.4, 0.5) is 5.69 Å². The van der Waals surface area contributed by atoms with Crippen molar-refractivity contribution in [1.29, 1.82) is 0 Å². The average molecular weight is 522 g/mol. The summed E-state index contributed by atoms with van der Waals surface area (Å²) in [5, 5.41) is 14.9. The Hall–Kier alpha value is -2.84. The summed E-state index contributed by atoms with van der Waals surface area (Å²) in [7, 11) is 0. The molecule has 0 radical (unpaired) electrons. The molecule has 0 fully saturated rings. The average Bonchev–Trinajstić information content (AvgIpc) is 3.02. The Morgan fingerprint density at radius 3 is 2.66 bits per heavy atom. The van der Waals surface area contributed by atoms with Crippen molar-refractivity contribution < 1.29 is 24.2 Å². The molecular weight excluding hydrogens is 500 g/mol. The molecule has 0 aromatic heterocycles. The molecule has 168 valence electrons. The van der Waals surface area contributed by atoms with Crippen LogP contribution < -0.4 is 14.5 Å². The molecule has 1 aliphatic rings. The lowest BCUT2D eigenvalue weighted by atomic mass is 10.1. The molecule has 0 bridgehead atoms. The zero-order valence-corrected chi connectivity index (χ0v) is 20.2. The molecule has 1 amide bonds. The molecule has 7 nitrogen and oxygen atoms in total. The summed E-state index contributed by atoms with van der Waals surface area (Å²) in [6.07, 6.45) is 2.57. The molecule has 0 aliphatic carbocycles. The van der Waals surface area contributed by atoms with Crippen LogP contribution in [0.15, 0.2) is 45.5 Å². The van der Waals surface area contributed by atoms with Gasteiger partial charge in [0.1, 0.15) is 0 Å². The lowest BCUT2D eigenvalue weighted by Gasteiger charge is -2.15. The minimum absolute atomic E-state index is 0.0862. The van der Waals surface area contributed by atoms with Crippen LogP contribution in [0.2, 0.25) is 5.02 Å². The van der Waals surface area contributed by atoms with Gasteiger partial charge < -0.3 is 14.6 Å². The molecule has 0 spiro atoms. The van der Waals surface area contributed by atoms with E-state index in [4.69, 9.17) is 21.1 Å². The van der Waals surface area contributed by atoms with Gasteiger partial charge in [0.05, 0.1) is 45.2 Å². The summed E-state index contributed by atoms with van der Waals surface area (Å²) in [4.78, 5) is 24.5. The van der Waals surface area contributed by atoms with Crippen LogP contribution in [0.25, 0.3) is 6.08 Å². The minimum Gasteiger partial charge on any atom is -0.490 e. The number of carboxylic acids is 1. The standard InChI is InChI=1S/C23H22BrClN2O5/c1-4-8-32-21-18(24)10-14(11-20(21)31-5-2)9-16-13(3)26-27(22(16)28)15-6-7-19(25)17(12-15)23(29)30/h6-7,9-12H,4-5,8H2,1-3H3,(H,29,30)/b16-9-. The van der Waals surface area contributed by atoms with E-state index < -0.39 is 5.97 Å². The first kappa shape index (κ1) is 23.8. The third-order valence-electron chi connectivity index (χ3n) is 4.58. The first-order valence-electron chi connectivity index (χ1n) is 10.0. The number of nitrogens with zero attached hydrogens (tertiary/aromatic N) is 2. The highest BCUT2D eigenvalue weighted by Crippen LogP contribution is 2.38. The van der Waals surface area contributed by atoms with Crippen LogP contribution in [0.5, 0.6) is 11.5 Å². The summed E-state index contributed by atoms with van der Waals surface area (Å²) in [6.45, 7) is 6.64. The Morgan fingerprint density at radius 2 is 2.00 bits per heavy atom. The van der Waals surface area contributed by atoms with E-state index in [0.29, 0.717) is 46.2 Å². The molecule has 2 aromatic rings. The number of halogens is 2. The largest absolute Gasteiger partial charge is 0.490 e. The fourth-order valence-electron chi connectivity index (χ4n) is 3.11. The van der Waals surface area contributed by atoms with Crippen LogP contribution >= 0.6 is 27.5 Å². The molecule has 1 aliphatic heterocycles. The number of rotatable bonds is 8. The van der Waals surface area contributed by atoms with Gasteiger partial charge in [-0.15, -0.1) is 0 Å². The van der Waals surface area contributed by atoms with Crippen molar-refractivity contribution in [2.24, 2.45) is 5.10 Å². The molecule has 1 heterocycles. The van der Waals surface area contributed by atoms with E-state index in [2.05, 4.69) is 21.0 Å². The summed E-state index contributed by atoms with van der Waals surface area (Å²) >= 11 is 9.47.